The molecular weight excluding hydrogens is 356 g/mol. The minimum Gasteiger partial charge on any atom is -0.493 e. The van der Waals surface area contributed by atoms with E-state index in [0.717, 1.165) is 42.7 Å². The van der Waals surface area contributed by atoms with E-state index in [9.17, 15) is 4.79 Å². The van der Waals surface area contributed by atoms with Crippen molar-refractivity contribution in [2.75, 3.05) is 41.4 Å². The van der Waals surface area contributed by atoms with Crippen LogP contribution in [0.2, 0.25) is 0 Å². The summed E-state index contributed by atoms with van der Waals surface area (Å²) in [6.07, 6.45) is 4.03. The van der Waals surface area contributed by atoms with Crippen molar-refractivity contribution in [2.45, 2.75) is 39.2 Å². The van der Waals surface area contributed by atoms with Crippen LogP contribution in [0.1, 0.15) is 38.2 Å². The van der Waals surface area contributed by atoms with E-state index in [2.05, 4.69) is 15.6 Å². The first-order chi connectivity index (χ1) is 13.5. The molecule has 1 saturated carbocycles. The maximum Gasteiger partial charge on any atom is 0.230 e. The lowest BCUT2D eigenvalue weighted by atomic mass is 9.84. The normalized spacial score (nSPS) is 15.8. The highest BCUT2D eigenvalue weighted by Crippen LogP contribution is 2.38. The number of guanidine groups is 1. The lowest BCUT2D eigenvalue weighted by molar-refractivity contribution is -0.138. The third-order valence-corrected chi connectivity index (χ3v) is 5.23. The Morgan fingerprint density at radius 3 is 2.50 bits per heavy atom. The number of hydrogen-bond donors (Lipinski definition) is 2. The summed E-state index contributed by atoms with van der Waals surface area (Å²) in [7, 11) is 7.03. The van der Waals surface area contributed by atoms with Crippen molar-refractivity contribution in [3.8, 4) is 11.5 Å². The molecule has 1 amide bonds. The number of aliphatic imine (C=N–C) groups is 1. The van der Waals surface area contributed by atoms with Crippen LogP contribution in [0.5, 0.6) is 11.5 Å². The van der Waals surface area contributed by atoms with Crippen LogP contribution in [0.3, 0.4) is 0 Å². The zero-order valence-electron chi connectivity index (χ0n) is 17.8. The highest BCUT2D eigenvalue weighted by atomic mass is 16.5. The predicted octanol–water partition coefficient (Wildman–Crippen LogP) is 2.41. The van der Waals surface area contributed by atoms with E-state index in [1.165, 1.54) is 0 Å². The van der Waals surface area contributed by atoms with Gasteiger partial charge < -0.3 is 25.0 Å². The molecule has 0 saturated heterocycles. The summed E-state index contributed by atoms with van der Waals surface area (Å²) in [6.45, 7) is 3.72. The number of carbonyl (C=O) groups excluding carboxylic acids is 1. The Morgan fingerprint density at radius 2 is 1.93 bits per heavy atom. The minimum atomic E-state index is -0.330. The van der Waals surface area contributed by atoms with E-state index in [4.69, 9.17) is 9.47 Å². The molecule has 1 aliphatic carbocycles. The number of methoxy groups -OCH3 is 1. The lowest BCUT2D eigenvalue weighted by Gasteiger charge is -2.31. The molecular formula is C21H34N4O3. The average Bonchev–Trinajstić information content (AvgIpc) is 3.18. The fourth-order valence-electron chi connectivity index (χ4n) is 3.75. The second kappa shape index (κ2) is 10.2. The van der Waals surface area contributed by atoms with E-state index >= 15 is 0 Å². The fraction of sp³-hybridized carbons (Fsp3) is 0.619. The Bertz CT molecular complexity index is 682. The summed E-state index contributed by atoms with van der Waals surface area (Å²) in [5, 5.41) is 6.68. The first-order valence-electron chi connectivity index (χ1n) is 9.91. The van der Waals surface area contributed by atoms with Gasteiger partial charge >= 0.3 is 0 Å². The smallest absolute Gasteiger partial charge is 0.230 e. The summed E-state index contributed by atoms with van der Waals surface area (Å²) in [5.74, 6) is 2.34. The van der Waals surface area contributed by atoms with Crippen molar-refractivity contribution in [1.29, 1.82) is 0 Å². The van der Waals surface area contributed by atoms with Crippen molar-refractivity contribution in [1.82, 2.24) is 15.5 Å². The topological polar surface area (TPSA) is 75.2 Å². The van der Waals surface area contributed by atoms with E-state index in [1.54, 1.807) is 19.1 Å². The molecule has 0 aromatic heterocycles. The average molecular weight is 391 g/mol. The molecule has 28 heavy (non-hydrogen) atoms. The summed E-state index contributed by atoms with van der Waals surface area (Å²) in [4.78, 5) is 18.7. The van der Waals surface area contributed by atoms with Gasteiger partial charge in [-0.15, -0.1) is 0 Å². The Hall–Kier alpha value is -2.44. The lowest BCUT2D eigenvalue weighted by Crippen LogP contribution is -2.49. The molecule has 0 aliphatic heterocycles. The zero-order valence-corrected chi connectivity index (χ0v) is 17.8. The molecule has 1 aromatic carbocycles. The van der Waals surface area contributed by atoms with Crippen molar-refractivity contribution in [3.63, 3.8) is 0 Å². The molecule has 0 atom stereocenters. The van der Waals surface area contributed by atoms with E-state index < -0.39 is 0 Å². The van der Waals surface area contributed by atoms with E-state index in [0.29, 0.717) is 25.7 Å². The van der Waals surface area contributed by atoms with Crippen LogP contribution in [-0.4, -0.2) is 58.2 Å². The number of hydrogen-bond acceptors (Lipinski definition) is 4. The van der Waals surface area contributed by atoms with E-state index in [1.807, 2.05) is 39.2 Å². The molecule has 2 rings (SSSR count). The summed E-state index contributed by atoms with van der Waals surface area (Å²) >= 11 is 0. The van der Waals surface area contributed by atoms with Crippen LogP contribution in [-0.2, 0) is 11.3 Å². The van der Waals surface area contributed by atoms with Gasteiger partial charge in [0.2, 0.25) is 5.91 Å². The van der Waals surface area contributed by atoms with Gasteiger partial charge in [-0.3, -0.25) is 9.79 Å². The fourth-order valence-corrected chi connectivity index (χ4v) is 3.75. The van der Waals surface area contributed by atoms with Crippen LogP contribution in [0.4, 0.5) is 0 Å². The molecule has 1 aliphatic rings. The minimum absolute atomic E-state index is 0.199. The molecule has 7 heteroatoms. The van der Waals surface area contributed by atoms with Gasteiger partial charge in [-0.25, -0.2) is 0 Å². The Kier molecular flexibility index (Phi) is 7.96. The number of amides is 1. The van der Waals surface area contributed by atoms with Crippen LogP contribution in [0.15, 0.2) is 23.2 Å². The second-order valence-electron chi connectivity index (χ2n) is 7.38. The van der Waals surface area contributed by atoms with Crippen molar-refractivity contribution in [3.05, 3.63) is 23.8 Å². The van der Waals surface area contributed by atoms with Gasteiger partial charge in [0.1, 0.15) is 0 Å². The molecule has 156 valence electrons. The molecule has 0 heterocycles. The third kappa shape index (κ3) is 5.30. The Labute approximate surface area is 168 Å². The van der Waals surface area contributed by atoms with Gasteiger partial charge in [-0.1, -0.05) is 18.9 Å². The second-order valence-corrected chi connectivity index (χ2v) is 7.38. The molecule has 1 fully saturated rings. The monoisotopic (exact) mass is 390 g/mol. The highest BCUT2D eigenvalue weighted by Gasteiger charge is 2.42. The van der Waals surface area contributed by atoms with Gasteiger partial charge in [0.05, 0.1) is 19.1 Å². The molecule has 2 N–H and O–H groups in total. The van der Waals surface area contributed by atoms with Crippen LogP contribution in [0, 0.1) is 5.41 Å². The first-order valence-corrected chi connectivity index (χ1v) is 9.91. The van der Waals surface area contributed by atoms with Gasteiger partial charge in [0, 0.05) is 34.2 Å². The first kappa shape index (κ1) is 21.9. The molecule has 7 nitrogen and oxygen atoms in total. The third-order valence-electron chi connectivity index (χ3n) is 5.23. The zero-order chi connectivity index (χ0) is 20.6. The molecule has 0 bridgehead atoms. The predicted molar refractivity (Wildman–Crippen MR) is 112 cm³/mol. The number of benzene rings is 1. The van der Waals surface area contributed by atoms with Crippen molar-refractivity contribution >= 4 is 11.9 Å². The van der Waals surface area contributed by atoms with Crippen LogP contribution in [0.25, 0.3) is 0 Å². The summed E-state index contributed by atoms with van der Waals surface area (Å²) in [6, 6.07) is 5.87. The maximum absolute atomic E-state index is 12.7. The summed E-state index contributed by atoms with van der Waals surface area (Å²) in [5.41, 5.74) is 0.732. The Balaban J connectivity index is 1.98. The number of ether oxygens (including phenoxy) is 2. The molecule has 0 spiro atoms. The largest absolute Gasteiger partial charge is 0.493 e. The number of rotatable bonds is 8. The van der Waals surface area contributed by atoms with E-state index in [-0.39, 0.29) is 11.3 Å². The highest BCUT2D eigenvalue weighted by molar-refractivity contribution is 5.85. The number of carbonyl (C=O) groups is 1. The van der Waals surface area contributed by atoms with Gasteiger partial charge in [0.25, 0.3) is 0 Å². The molecule has 1 aromatic rings. The summed E-state index contributed by atoms with van der Waals surface area (Å²) < 4.78 is 11.0. The van der Waals surface area contributed by atoms with Crippen LogP contribution >= 0.6 is 0 Å². The van der Waals surface area contributed by atoms with Gasteiger partial charge in [0.15, 0.2) is 17.5 Å². The number of nitrogens with one attached hydrogen (secondary N) is 2. The quantitative estimate of drug-likeness (QED) is 0.527. The molecule has 0 unspecified atom stereocenters. The van der Waals surface area contributed by atoms with Crippen LogP contribution < -0.4 is 20.1 Å². The van der Waals surface area contributed by atoms with Crippen molar-refractivity contribution < 1.29 is 14.3 Å². The SMILES string of the molecule is CCOc1cc(CNC(=NC)NCC2(C(=O)N(C)C)CCCC2)ccc1OC. The van der Waals surface area contributed by atoms with Gasteiger partial charge in [-0.2, -0.15) is 0 Å². The van der Waals surface area contributed by atoms with Crippen molar-refractivity contribution in [2.24, 2.45) is 10.4 Å². The standard InChI is InChI=1S/C21H34N4O3/c1-6-28-18-13-16(9-10-17(18)27-5)14-23-20(22-2)24-15-21(11-7-8-12-21)19(26)25(3)4/h9-10,13H,6-8,11-12,14-15H2,1-5H3,(H2,22,23,24). The van der Waals surface area contributed by atoms with Gasteiger partial charge in [-0.05, 0) is 37.5 Å². The molecule has 0 radical (unpaired) electrons. The number of nitrogens with zero attached hydrogens (tertiary/aromatic N) is 2. The maximum atomic E-state index is 12.7. The Morgan fingerprint density at radius 1 is 1.21 bits per heavy atom.